The number of methoxy groups -OCH3 is 1. The first-order valence-corrected chi connectivity index (χ1v) is 3.52. The normalized spacial score (nSPS) is 12.9. The van der Waals surface area contributed by atoms with Gasteiger partial charge < -0.3 is 4.74 Å². The van der Waals surface area contributed by atoms with Crippen LogP contribution in [-0.2, 0) is 4.74 Å². The van der Waals surface area contributed by atoms with E-state index in [1.54, 1.807) is 12.1 Å². The first kappa shape index (κ1) is 8.21. The summed E-state index contributed by atoms with van der Waals surface area (Å²) in [5, 5.41) is 0. The summed E-state index contributed by atoms with van der Waals surface area (Å²) in [4.78, 5) is 0. The fourth-order valence-corrected chi connectivity index (χ4v) is 0.904. The number of hydrogen-bond donors (Lipinski definition) is 0. The lowest BCUT2D eigenvalue weighted by atomic mass is 10.1. The molecule has 0 aromatic heterocycles. The summed E-state index contributed by atoms with van der Waals surface area (Å²) in [7, 11) is 1.50. The van der Waals surface area contributed by atoms with Crippen molar-refractivity contribution in [1.29, 1.82) is 0 Å². The zero-order valence-corrected chi connectivity index (χ0v) is 6.46. The molecule has 1 aromatic rings. The minimum atomic E-state index is -0.999. The Morgan fingerprint density at radius 3 is 2.55 bits per heavy atom. The molecule has 1 rings (SSSR count). The molecule has 0 saturated heterocycles. The second-order valence-corrected chi connectivity index (χ2v) is 2.33. The number of benzene rings is 1. The van der Waals surface area contributed by atoms with Crippen molar-refractivity contribution in [3.05, 3.63) is 35.9 Å². The van der Waals surface area contributed by atoms with Crippen molar-refractivity contribution in [2.24, 2.45) is 0 Å². The van der Waals surface area contributed by atoms with Gasteiger partial charge in [0.15, 0.2) is 0 Å². The fraction of sp³-hybridized carbons (Fsp3) is 0.333. The molecule has 0 N–H and O–H groups in total. The van der Waals surface area contributed by atoms with Crippen LogP contribution in [0.4, 0.5) is 4.39 Å². The molecular weight excluding hydrogens is 143 g/mol. The van der Waals surface area contributed by atoms with Gasteiger partial charge in [-0.1, -0.05) is 30.3 Å². The highest BCUT2D eigenvalue weighted by Crippen LogP contribution is 2.16. The van der Waals surface area contributed by atoms with E-state index >= 15 is 0 Å². The molecule has 1 atom stereocenters. The van der Waals surface area contributed by atoms with Gasteiger partial charge in [0.25, 0.3) is 0 Å². The van der Waals surface area contributed by atoms with Gasteiger partial charge in [0.2, 0.25) is 0 Å². The lowest BCUT2D eigenvalue weighted by molar-refractivity contribution is 0.124. The Kier molecular flexibility index (Phi) is 3.05. The smallest absolute Gasteiger partial charge is 0.148 e. The van der Waals surface area contributed by atoms with E-state index in [9.17, 15) is 4.39 Å². The van der Waals surface area contributed by atoms with Gasteiger partial charge >= 0.3 is 0 Å². The maximum absolute atomic E-state index is 13.0. The van der Waals surface area contributed by atoms with Crippen molar-refractivity contribution in [3.63, 3.8) is 0 Å². The first-order valence-electron chi connectivity index (χ1n) is 3.52. The van der Waals surface area contributed by atoms with Crippen LogP contribution in [0.2, 0.25) is 0 Å². The SMILES string of the molecule is COCC(F)c1ccccc1. The molecule has 1 unspecified atom stereocenters. The fourth-order valence-electron chi connectivity index (χ4n) is 0.904. The summed E-state index contributed by atoms with van der Waals surface area (Å²) in [5.41, 5.74) is 0.675. The monoisotopic (exact) mass is 154 g/mol. The molecule has 0 aliphatic rings. The summed E-state index contributed by atoms with van der Waals surface area (Å²) >= 11 is 0. The molecule has 0 heterocycles. The molecule has 0 saturated carbocycles. The van der Waals surface area contributed by atoms with Crippen LogP contribution in [0.5, 0.6) is 0 Å². The maximum Gasteiger partial charge on any atom is 0.148 e. The van der Waals surface area contributed by atoms with Crippen LogP contribution in [-0.4, -0.2) is 13.7 Å². The molecule has 0 fully saturated rings. The lowest BCUT2D eigenvalue weighted by Crippen LogP contribution is -1.99. The van der Waals surface area contributed by atoms with E-state index in [0.29, 0.717) is 5.56 Å². The quantitative estimate of drug-likeness (QED) is 0.649. The number of hydrogen-bond acceptors (Lipinski definition) is 1. The molecule has 1 nitrogen and oxygen atoms in total. The highest BCUT2D eigenvalue weighted by Gasteiger charge is 2.06. The molecule has 2 heteroatoms. The van der Waals surface area contributed by atoms with E-state index in [-0.39, 0.29) is 6.61 Å². The molecule has 0 aliphatic carbocycles. The maximum atomic E-state index is 13.0. The topological polar surface area (TPSA) is 9.23 Å². The third-order valence-corrected chi connectivity index (χ3v) is 1.47. The average molecular weight is 154 g/mol. The van der Waals surface area contributed by atoms with Crippen molar-refractivity contribution >= 4 is 0 Å². The lowest BCUT2D eigenvalue weighted by Gasteiger charge is -2.05. The van der Waals surface area contributed by atoms with Gasteiger partial charge in [0, 0.05) is 7.11 Å². The predicted molar refractivity (Wildman–Crippen MR) is 42.2 cm³/mol. The van der Waals surface area contributed by atoms with Crippen molar-refractivity contribution in [3.8, 4) is 0 Å². The highest BCUT2D eigenvalue weighted by molar-refractivity contribution is 5.17. The van der Waals surface area contributed by atoms with Gasteiger partial charge in [0.05, 0.1) is 6.61 Å². The van der Waals surface area contributed by atoms with E-state index < -0.39 is 6.17 Å². The van der Waals surface area contributed by atoms with Gasteiger partial charge in [-0.2, -0.15) is 0 Å². The van der Waals surface area contributed by atoms with Crippen molar-refractivity contribution in [2.45, 2.75) is 6.17 Å². The second-order valence-electron chi connectivity index (χ2n) is 2.33. The molecule has 0 aliphatic heterocycles. The third-order valence-electron chi connectivity index (χ3n) is 1.47. The van der Waals surface area contributed by atoms with Crippen molar-refractivity contribution < 1.29 is 9.13 Å². The molecule has 0 spiro atoms. The first-order chi connectivity index (χ1) is 5.34. The Labute approximate surface area is 65.8 Å². The van der Waals surface area contributed by atoms with E-state index in [0.717, 1.165) is 0 Å². The number of halogens is 1. The molecular formula is C9H11FO. The van der Waals surface area contributed by atoms with Gasteiger partial charge in [-0.25, -0.2) is 4.39 Å². The summed E-state index contributed by atoms with van der Waals surface area (Å²) in [6, 6.07) is 9.01. The molecule has 0 radical (unpaired) electrons. The highest BCUT2D eigenvalue weighted by atomic mass is 19.1. The van der Waals surface area contributed by atoms with Crippen LogP contribution in [0.25, 0.3) is 0 Å². The Hall–Kier alpha value is -0.890. The van der Waals surface area contributed by atoms with Crippen LogP contribution in [0.3, 0.4) is 0 Å². The molecule has 1 aromatic carbocycles. The van der Waals surface area contributed by atoms with Gasteiger partial charge in [-0.15, -0.1) is 0 Å². The Balaban J connectivity index is 2.61. The van der Waals surface area contributed by atoms with E-state index in [4.69, 9.17) is 0 Å². The zero-order valence-electron chi connectivity index (χ0n) is 6.46. The van der Waals surface area contributed by atoms with Crippen LogP contribution >= 0.6 is 0 Å². The molecule has 0 amide bonds. The summed E-state index contributed by atoms with van der Waals surface area (Å²) in [5.74, 6) is 0. The van der Waals surface area contributed by atoms with Crippen LogP contribution in [0, 0.1) is 0 Å². The second kappa shape index (κ2) is 4.09. The summed E-state index contributed by atoms with van der Waals surface area (Å²) in [6.07, 6.45) is -0.999. The van der Waals surface area contributed by atoms with E-state index in [1.807, 2.05) is 18.2 Å². The Morgan fingerprint density at radius 1 is 1.36 bits per heavy atom. The minimum Gasteiger partial charge on any atom is -0.381 e. The molecule has 0 bridgehead atoms. The molecule has 11 heavy (non-hydrogen) atoms. The van der Waals surface area contributed by atoms with Crippen LogP contribution in [0.15, 0.2) is 30.3 Å². The van der Waals surface area contributed by atoms with Crippen LogP contribution in [0.1, 0.15) is 11.7 Å². The Bertz CT molecular complexity index is 198. The predicted octanol–water partition coefficient (Wildman–Crippen LogP) is 2.34. The standard InChI is InChI=1S/C9H11FO/c1-11-7-9(10)8-5-3-2-4-6-8/h2-6,9H,7H2,1H3. The largest absolute Gasteiger partial charge is 0.381 e. The van der Waals surface area contributed by atoms with Gasteiger partial charge in [0.1, 0.15) is 6.17 Å². The van der Waals surface area contributed by atoms with Crippen molar-refractivity contribution in [2.75, 3.05) is 13.7 Å². The summed E-state index contributed by atoms with van der Waals surface area (Å²) in [6.45, 7) is 0.129. The Morgan fingerprint density at radius 2 is 2.00 bits per heavy atom. The minimum absolute atomic E-state index is 0.129. The summed E-state index contributed by atoms with van der Waals surface area (Å²) < 4.78 is 17.7. The number of alkyl halides is 1. The van der Waals surface area contributed by atoms with Crippen molar-refractivity contribution in [1.82, 2.24) is 0 Å². The van der Waals surface area contributed by atoms with Gasteiger partial charge in [-0.05, 0) is 5.56 Å². The number of ether oxygens (including phenoxy) is 1. The molecule has 60 valence electrons. The zero-order chi connectivity index (χ0) is 8.10. The number of rotatable bonds is 3. The third kappa shape index (κ3) is 2.31. The average Bonchev–Trinajstić information content (AvgIpc) is 2.07. The van der Waals surface area contributed by atoms with Gasteiger partial charge in [-0.3, -0.25) is 0 Å². The van der Waals surface area contributed by atoms with Crippen LogP contribution < -0.4 is 0 Å². The van der Waals surface area contributed by atoms with E-state index in [1.165, 1.54) is 7.11 Å². The van der Waals surface area contributed by atoms with E-state index in [2.05, 4.69) is 4.74 Å².